The fourth-order valence-electron chi connectivity index (χ4n) is 9.87. The van der Waals surface area contributed by atoms with Crippen LogP contribution in [0, 0.1) is 35.0 Å². The number of amides is 4. The van der Waals surface area contributed by atoms with Gasteiger partial charge in [0.05, 0.1) is 6.54 Å². The Kier molecular flexibility index (Phi) is 12.0. The summed E-state index contributed by atoms with van der Waals surface area (Å²) in [6.45, 7) is 14.0. The van der Waals surface area contributed by atoms with Crippen LogP contribution in [0.5, 0.6) is 5.75 Å². The predicted molar refractivity (Wildman–Crippen MR) is 202 cm³/mol. The van der Waals surface area contributed by atoms with E-state index in [0.29, 0.717) is 62.0 Å². The lowest BCUT2D eigenvalue weighted by Crippen LogP contribution is -2.51. The van der Waals surface area contributed by atoms with E-state index < -0.39 is 17.8 Å². The molecule has 4 fully saturated rings. The Morgan fingerprint density at radius 3 is 2.40 bits per heavy atom. The molecule has 1 aromatic carbocycles. The number of fused-ring (bicyclic) bond motifs is 3. The van der Waals surface area contributed by atoms with Crippen molar-refractivity contribution in [2.24, 2.45) is 35.0 Å². The number of aliphatic hydroxyl groups is 1. The first-order valence-corrected chi connectivity index (χ1v) is 20.0. The predicted octanol–water partition coefficient (Wildman–Crippen LogP) is 6.66. The van der Waals surface area contributed by atoms with Gasteiger partial charge in [0.15, 0.2) is 0 Å². The maximum absolute atomic E-state index is 14.0. The molecule has 1 aromatic heterocycles. The van der Waals surface area contributed by atoms with Gasteiger partial charge < -0.3 is 39.6 Å². The van der Waals surface area contributed by atoms with Gasteiger partial charge in [-0.15, -0.1) is 0 Å². The van der Waals surface area contributed by atoms with Crippen molar-refractivity contribution in [2.75, 3.05) is 52.4 Å². The van der Waals surface area contributed by atoms with Crippen LogP contribution >= 0.6 is 0 Å². The van der Waals surface area contributed by atoms with Crippen molar-refractivity contribution < 1.29 is 29.0 Å². The third-order valence-corrected chi connectivity index (χ3v) is 12.4. The van der Waals surface area contributed by atoms with Crippen LogP contribution in [-0.2, 0) is 9.53 Å². The fraction of sp³-hybridized carbons (Fsp3) is 0.732. The maximum atomic E-state index is 14.0. The van der Waals surface area contributed by atoms with Crippen LogP contribution in [-0.4, -0.2) is 107 Å². The molecule has 2 bridgehead atoms. The van der Waals surface area contributed by atoms with Gasteiger partial charge in [-0.25, -0.2) is 9.59 Å². The van der Waals surface area contributed by atoms with Crippen molar-refractivity contribution in [3.8, 4) is 5.75 Å². The molecule has 3 heterocycles. The molecule has 5 atom stereocenters. The number of carbonyl (C=O) groups is 3. The van der Waals surface area contributed by atoms with Crippen LogP contribution in [0.3, 0.4) is 0 Å². The SMILES string of the molecule is CC1CC2CC(C1)C(C)(C(=O)N1CCC(C3CCN(C(=O)N(CCCNC(=O)OC(C)(C)C)CC(O)COc4cccc5[nH]ccc45)CC3)CC1)C2. The highest BCUT2D eigenvalue weighted by Crippen LogP contribution is 2.56. The Bertz CT molecular complexity index is 1520. The highest BCUT2D eigenvalue weighted by molar-refractivity contribution is 5.85. The van der Waals surface area contributed by atoms with Gasteiger partial charge in [-0.2, -0.15) is 0 Å². The van der Waals surface area contributed by atoms with Crippen molar-refractivity contribution in [3.63, 3.8) is 0 Å². The summed E-state index contributed by atoms with van der Waals surface area (Å²) in [4.78, 5) is 49.0. The number of benzene rings is 1. The van der Waals surface area contributed by atoms with Crippen molar-refractivity contribution in [1.29, 1.82) is 0 Å². The maximum Gasteiger partial charge on any atom is 0.407 e. The number of hydrogen-bond acceptors (Lipinski definition) is 6. The van der Waals surface area contributed by atoms with Crippen molar-refractivity contribution in [1.82, 2.24) is 25.0 Å². The number of hydrogen-bond donors (Lipinski definition) is 3. The first-order chi connectivity index (χ1) is 24.8. The number of ether oxygens (including phenoxy) is 2. The van der Waals surface area contributed by atoms with Crippen LogP contribution < -0.4 is 10.1 Å². The summed E-state index contributed by atoms with van der Waals surface area (Å²) < 4.78 is 11.4. The number of rotatable bonds is 11. The highest BCUT2D eigenvalue weighted by Gasteiger charge is 2.53. The topological polar surface area (TPSA) is 127 Å². The first-order valence-electron chi connectivity index (χ1n) is 20.0. The quantitative estimate of drug-likeness (QED) is 0.223. The number of carbonyl (C=O) groups excluding carboxylic acids is 3. The molecule has 2 aromatic rings. The molecule has 2 saturated heterocycles. The summed E-state index contributed by atoms with van der Waals surface area (Å²) in [7, 11) is 0. The molecule has 4 amide bonds. The van der Waals surface area contributed by atoms with Crippen molar-refractivity contribution >= 4 is 28.9 Å². The second kappa shape index (κ2) is 16.3. The van der Waals surface area contributed by atoms with Crippen LogP contribution in [0.4, 0.5) is 9.59 Å². The lowest BCUT2D eigenvalue weighted by molar-refractivity contribution is -0.145. The van der Waals surface area contributed by atoms with Gasteiger partial charge in [0, 0.05) is 61.8 Å². The number of aromatic amines is 1. The third-order valence-electron chi connectivity index (χ3n) is 12.4. The van der Waals surface area contributed by atoms with E-state index in [1.165, 1.54) is 19.3 Å². The minimum absolute atomic E-state index is 0.0486. The Labute approximate surface area is 310 Å². The molecule has 2 aliphatic heterocycles. The van der Waals surface area contributed by atoms with Gasteiger partial charge in [-0.3, -0.25) is 4.79 Å². The molecule has 0 spiro atoms. The molecule has 2 saturated carbocycles. The molecule has 4 aliphatic rings. The summed E-state index contributed by atoms with van der Waals surface area (Å²) in [5, 5.41) is 14.8. The minimum Gasteiger partial charge on any atom is -0.490 e. The summed E-state index contributed by atoms with van der Waals surface area (Å²) in [6, 6.07) is 7.60. The van der Waals surface area contributed by atoms with Crippen molar-refractivity contribution in [3.05, 3.63) is 30.5 Å². The second-order valence-corrected chi connectivity index (χ2v) is 17.6. The molecule has 52 heavy (non-hydrogen) atoms. The smallest absolute Gasteiger partial charge is 0.407 e. The zero-order valence-electron chi connectivity index (χ0n) is 32.2. The fourth-order valence-corrected chi connectivity index (χ4v) is 9.87. The second-order valence-electron chi connectivity index (χ2n) is 17.6. The summed E-state index contributed by atoms with van der Waals surface area (Å²) in [5.74, 6) is 4.22. The first kappa shape index (κ1) is 38.3. The van der Waals surface area contributed by atoms with Crippen molar-refractivity contribution in [2.45, 2.75) is 104 Å². The van der Waals surface area contributed by atoms with Gasteiger partial charge in [0.2, 0.25) is 5.91 Å². The van der Waals surface area contributed by atoms with Gasteiger partial charge in [-0.05, 0) is 126 Å². The lowest BCUT2D eigenvalue weighted by Gasteiger charge is -2.43. The average Bonchev–Trinajstić information content (AvgIpc) is 3.69. The normalized spacial score (nSPS) is 26.3. The van der Waals surface area contributed by atoms with Crippen LogP contribution in [0.15, 0.2) is 30.5 Å². The summed E-state index contributed by atoms with van der Waals surface area (Å²) in [6.07, 6.45) is 9.77. The Hall–Kier alpha value is -3.47. The zero-order chi connectivity index (χ0) is 37.0. The molecule has 288 valence electrons. The van der Waals surface area contributed by atoms with Gasteiger partial charge >= 0.3 is 12.1 Å². The lowest BCUT2D eigenvalue weighted by atomic mass is 9.73. The van der Waals surface area contributed by atoms with E-state index in [-0.39, 0.29) is 24.6 Å². The van der Waals surface area contributed by atoms with Crippen LogP contribution in [0.1, 0.15) is 92.4 Å². The summed E-state index contributed by atoms with van der Waals surface area (Å²) >= 11 is 0. The third kappa shape index (κ3) is 9.18. The van der Waals surface area contributed by atoms with E-state index in [9.17, 15) is 19.5 Å². The number of aliphatic hydroxyl groups excluding tert-OH is 1. The van der Waals surface area contributed by atoms with E-state index in [4.69, 9.17) is 9.47 Å². The zero-order valence-corrected chi connectivity index (χ0v) is 32.2. The molecule has 6 rings (SSSR count). The number of piperidine rings is 2. The molecule has 3 N–H and O–H groups in total. The number of likely N-dealkylation sites (tertiary alicyclic amines) is 2. The molecule has 2 aliphatic carbocycles. The Balaban J connectivity index is 0.990. The van der Waals surface area contributed by atoms with E-state index >= 15 is 0 Å². The van der Waals surface area contributed by atoms with Crippen LogP contribution in [0.2, 0.25) is 0 Å². The molecule has 5 unspecified atom stereocenters. The number of nitrogens with zero attached hydrogens (tertiary/aromatic N) is 3. The monoisotopic (exact) mass is 721 g/mol. The highest BCUT2D eigenvalue weighted by atomic mass is 16.6. The van der Waals surface area contributed by atoms with Gasteiger partial charge in [0.1, 0.15) is 24.1 Å². The molecule has 0 radical (unpaired) electrons. The van der Waals surface area contributed by atoms with E-state index in [1.807, 2.05) is 56.1 Å². The largest absolute Gasteiger partial charge is 0.490 e. The van der Waals surface area contributed by atoms with Gasteiger partial charge in [0.25, 0.3) is 0 Å². The number of alkyl carbamates (subject to hydrolysis) is 1. The van der Waals surface area contributed by atoms with E-state index in [1.54, 1.807) is 4.90 Å². The Morgan fingerprint density at radius 2 is 1.71 bits per heavy atom. The molecule has 11 heteroatoms. The van der Waals surface area contributed by atoms with E-state index in [0.717, 1.165) is 67.9 Å². The molecular weight excluding hydrogens is 658 g/mol. The van der Waals surface area contributed by atoms with E-state index in [2.05, 4.69) is 29.0 Å². The molecular formula is C41H63N5O6. The van der Waals surface area contributed by atoms with Crippen LogP contribution in [0.25, 0.3) is 10.9 Å². The number of nitrogens with one attached hydrogen (secondary N) is 2. The molecule has 11 nitrogen and oxygen atoms in total. The Morgan fingerprint density at radius 1 is 1.02 bits per heavy atom. The number of aromatic nitrogens is 1. The van der Waals surface area contributed by atoms with Gasteiger partial charge in [-0.1, -0.05) is 19.9 Å². The number of urea groups is 1. The average molecular weight is 722 g/mol. The summed E-state index contributed by atoms with van der Waals surface area (Å²) in [5.41, 5.74) is 0.189. The number of H-pyrrole nitrogens is 1. The minimum atomic E-state index is -0.892. The standard InChI is InChI=1S/C41H63N5O6/c1-28-22-29-24-32(23-28)41(5,25-29)37(48)44-18-11-30(12-19-44)31-13-20-45(21-14-31)39(50)46(17-7-15-43-38(49)52-40(2,3)4)26-33(47)27-51-36-9-6-8-35-34(36)10-16-42-35/h6,8-10,16,28-33,42,47H,7,11-15,17-27H2,1-5H3,(H,43,49).